The molecule has 0 saturated heterocycles. The van der Waals surface area contributed by atoms with Crippen molar-refractivity contribution in [3.05, 3.63) is 0 Å². The van der Waals surface area contributed by atoms with Gasteiger partial charge >= 0.3 is 0 Å². The minimum absolute atomic E-state index is 0.00424. The van der Waals surface area contributed by atoms with E-state index >= 15 is 0 Å². The van der Waals surface area contributed by atoms with Crippen LogP contribution in [-0.4, -0.2) is 32.7 Å². The molecule has 17 heavy (non-hydrogen) atoms. The highest BCUT2D eigenvalue weighted by molar-refractivity contribution is 6.51. The van der Waals surface area contributed by atoms with E-state index in [0.29, 0.717) is 18.2 Å². The predicted octanol–water partition coefficient (Wildman–Crippen LogP) is 5.10. The summed E-state index contributed by atoms with van der Waals surface area (Å²) in [5.74, 6) is 0.812. The van der Waals surface area contributed by atoms with Gasteiger partial charge in [0.25, 0.3) is 0 Å². The lowest BCUT2D eigenvalue weighted by Gasteiger charge is -2.47. The summed E-state index contributed by atoms with van der Waals surface area (Å²) in [5, 5.41) is -0.675. The lowest BCUT2D eigenvalue weighted by molar-refractivity contribution is 0.160. The Balaban J connectivity index is 2.63. The molecule has 0 N–H and O–H groups in total. The molecule has 2 aliphatic rings. The number of rotatable bonds is 3. The van der Waals surface area contributed by atoms with Gasteiger partial charge < -0.3 is 0 Å². The largest absolute Gasteiger partial charge is 0.127 e. The summed E-state index contributed by atoms with van der Waals surface area (Å²) < 4.78 is -1.03. The molecule has 2 fully saturated rings. The third-order valence-corrected chi connectivity index (χ3v) is 8.24. The van der Waals surface area contributed by atoms with Gasteiger partial charge in [-0.05, 0) is 12.3 Å². The highest BCUT2D eigenvalue weighted by Gasteiger charge is 2.79. The van der Waals surface area contributed by atoms with E-state index in [0.717, 1.165) is 0 Å². The van der Waals surface area contributed by atoms with Crippen molar-refractivity contribution in [1.29, 1.82) is 0 Å². The smallest absolute Gasteiger partial charge is 0.126 e. The molecule has 0 aromatic rings. The van der Waals surface area contributed by atoms with Crippen molar-refractivity contribution in [3.8, 4) is 0 Å². The fraction of sp³-hybridized carbons (Fsp3) is 1.00. The van der Waals surface area contributed by atoms with E-state index in [4.69, 9.17) is 81.2 Å². The molecule has 0 aromatic carbocycles. The highest BCUT2D eigenvalue weighted by atomic mass is 35.5. The van der Waals surface area contributed by atoms with Crippen molar-refractivity contribution >= 4 is 81.2 Å². The maximum absolute atomic E-state index is 6.44. The zero-order chi connectivity index (χ0) is 13.1. The molecule has 0 spiro atoms. The molecule has 7 heteroatoms. The van der Waals surface area contributed by atoms with E-state index < -0.39 is 20.5 Å². The summed E-state index contributed by atoms with van der Waals surface area (Å²) in [7, 11) is 0. The molecule has 0 amide bonds. The zero-order valence-corrected chi connectivity index (χ0v) is 14.0. The van der Waals surface area contributed by atoms with Gasteiger partial charge in [-0.3, -0.25) is 0 Å². The Hall–Kier alpha value is 2.03. The van der Waals surface area contributed by atoms with E-state index in [1.54, 1.807) is 0 Å². The second kappa shape index (κ2) is 4.79. The lowest BCUT2D eigenvalue weighted by atomic mass is 9.70. The van der Waals surface area contributed by atoms with Crippen LogP contribution in [0.15, 0.2) is 0 Å². The molecule has 2 bridgehead atoms. The van der Waals surface area contributed by atoms with Gasteiger partial charge in [0.1, 0.15) is 4.33 Å². The lowest BCUT2D eigenvalue weighted by Crippen LogP contribution is -2.54. The van der Waals surface area contributed by atoms with Crippen molar-refractivity contribution in [3.63, 3.8) is 0 Å². The first-order chi connectivity index (χ1) is 7.84. The molecule has 0 aromatic heterocycles. The molecular weight excluding hydrogens is 368 g/mol. The van der Waals surface area contributed by atoms with E-state index in [1.165, 1.54) is 0 Å². The van der Waals surface area contributed by atoms with Crippen LogP contribution in [0.3, 0.4) is 0 Å². The van der Waals surface area contributed by atoms with E-state index in [2.05, 4.69) is 0 Å². The molecule has 2 aliphatic carbocycles. The average Bonchev–Trinajstić information content (AvgIpc) is 2.61. The molecule has 4 atom stereocenters. The molecule has 2 rings (SSSR count). The van der Waals surface area contributed by atoms with Crippen LogP contribution in [0.25, 0.3) is 0 Å². The number of hydrogen-bond donors (Lipinski definition) is 0. The van der Waals surface area contributed by atoms with Gasteiger partial charge in [-0.25, -0.2) is 0 Å². The predicted molar refractivity (Wildman–Crippen MR) is 78.9 cm³/mol. The normalized spacial score (nSPS) is 46.4. The fourth-order valence-corrected chi connectivity index (χ4v) is 7.92. The van der Waals surface area contributed by atoms with Crippen LogP contribution in [0.2, 0.25) is 0 Å². The second-order valence-electron chi connectivity index (χ2n) is 4.89. The van der Waals surface area contributed by atoms with Crippen LogP contribution in [-0.2, 0) is 0 Å². The first kappa shape index (κ1) is 15.4. The van der Waals surface area contributed by atoms with Crippen LogP contribution in [0.5, 0.6) is 0 Å². The summed E-state index contributed by atoms with van der Waals surface area (Å²) >= 11 is 44.1. The van der Waals surface area contributed by atoms with E-state index in [9.17, 15) is 0 Å². The first-order valence-corrected chi connectivity index (χ1v) is 8.42. The second-order valence-corrected chi connectivity index (χ2v) is 8.15. The number of alkyl halides is 7. The summed E-state index contributed by atoms with van der Waals surface area (Å²) in [5.41, 5.74) is -1.24. The standard InChI is InChI=1S/C10H11Cl7/c11-2-8(3-12)5-1-10(16,17)9(8,4-13)7(15)6(5)14/h5-7H,1-4H2/t5?,6-,7+,9?/m0/s1. The van der Waals surface area contributed by atoms with Crippen molar-refractivity contribution in [1.82, 2.24) is 0 Å². The Morgan fingerprint density at radius 2 is 1.47 bits per heavy atom. The SMILES string of the molecule is ClCC1(CCl)C2CC(Cl)(Cl)C1(CCl)[C@H](Cl)[C@H]2Cl. The van der Waals surface area contributed by atoms with Gasteiger partial charge in [-0.2, -0.15) is 0 Å². The molecule has 0 aliphatic heterocycles. The zero-order valence-electron chi connectivity index (χ0n) is 8.71. The van der Waals surface area contributed by atoms with Gasteiger partial charge in [0.15, 0.2) is 0 Å². The number of hydrogen-bond acceptors (Lipinski definition) is 0. The Kier molecular flexibility index (Phi) is 4.35. The van der Waals surface area contributed by atoms with Crippen molar-refractivity contribution in [2.24, 2.45) is 16.7 Å². The van der Waals surface area contributed by atoms with Crippen LogP contribution >= 0.6 is 81.2 Å². The number of fused-ring (bicyclic) bond motifs is 2. The summed E-state index contributed by atoms with van der Waals surface area (Å²) in [6, 6.07) is 0. The maximum Gasteiger partial charge on any atom is 0.127 e. The Morgan fingerprint density at radius 1 is 0.941 bits per heavy atom. The molecule has 100 valence electrons. The van der Waals surface area contributed by atoms with Crippen molar-refractivity contribution < 1.29 is 0 Å². The molecule has 0 radical (unpaired) electrons. The summed E-state index contributed by atoms with van der Waals surface area (Å²) in [6.07, 6.45) is 0.527. The monoisotopic (exact) mass is 376 g/mol. The van der Waals surface area contributed by atoms with E-state index in [-0.39, 0.29) is 17.2 Å². The van der Waals surface area contributed by atoms with Crippen LogP contribution < -0.4 is 0 Å². The van der Waals surface area contributed by atoms with Gasteiger partial charge in [-0.15, -0.1) is 81.2 Å². The maximum atomic E-state index is 6.44. The Labute approximate surface area is 136 Å². The highest BCUT2D eigenvalue weighted by Crippen LogP contribution is 2.76. The molecule has 0 heterocycles. The van der Waals surface area contributed by atoms with Crippen LogP contribution in [0, 0.1) is 16.7 Å². The Bertz CT molecular complexity index is 314. The summed E-state index contributed by atoms with van der Waals surface area (Å²) in [6.45, 7) is 0. The third-order valence-electron chi connectivity index (χ3n) is 4.55. The minimum Gasteiger partial charge on any atom is -0.126 e. The van der Waals surface area contributed by atoms with Gasteiger partial charge in [0.2, 0.25) is 0 Å². The number of halogens is 7. The molecule has 2 saturated carbocycles. The fourth-order valence-electron chi connectivity index (χ4n) is 3.50. The van der Waals surface area contributed by atoms with Gasteiger partial charge in [-0.1, -0.05) is 0 Å². The van der Waals surface area contributed by atoms with Gasteiger partial charge in [0, 0.05) is 28.5 Å². The summed E-state index contributed by atoms with van der Waals surface area (Å²) in [4.78, 5) is 0. The van der Waals surface area contributed by atoms with Crippen molar-refractivity contribution in [2.75, 3.05) is 17.6 Å². The third kappa shape index (κ3) is 1.59. The van der Waals surface area contributed by atoms with E-state index in [1.807, 2.05) is 0 Å². The molecule has 0 nitrogen and oxygen atoms in total. The van der Waals surface area contributed by atoms with Gasteiger partial charge in [0.05, 0.1) is 10.8 Å². The molecular formula is C10H11Cl7. The Morgan fingerprint density at radius 3 is 1.82 bits per heavy atom. The first-order valence-electron chi connectivity index (χ1n) is 5.18. The topological polar surface area (TPSA) is 0 Å². The quantitative estimate of drug-likeness (QED) is 0.599. The van der Waals surface area contributed by atoms with Crippen LogP contribution in [0.1, 0.15) is 6.42 Å². The molecule has 2 unspecified atom stereocenters. The van der Waals surface area contributed by atoms with Crippen molar-refractivity contribution in [2.45, 2.75) is 21.5 Å². The average molecular weight is 379 g/mol. The van der Waals surface area contributed by atoms with Crippen LogP contribution in [0.4, 0.5) is 0 Å². The minimum atomic E-state index is -1.03.